The number of nitrogens with zero attached hydrogens (tertiary/aromatic N) is 1. The molecule has 2 amide bonds. The van der Waals surface area contributed by atoms with E-state index >= 15 is 0 Å². The molecular formula is C17H13ClIN3O2S. The number of carbonyl (C=O) groups is 2. The maximum atomic E-state index is 12.2. The maximum absolute atomic E-state index is 12.2. The molecule has 0 unspecified atom stereocenters. The molecule has 25 heavy (non-hydrogen) atoms. The lowest BCUT2D eigenvalue weighted by Gasteiger charge is -2.07. The highest BCUT2D eigenvalue weighted by Gasteiger charge is 2.32. The summed E-state index contributed by atoms with van der Waals surface area (Å²) in [7, 11) is 0. The third-order valence-corrected chi connectivity index (χ3v) is 5.47. The van der Waals surface area contributed by atoms with Crippen molar-refractivity contribution in [2.75, 3.05) is 5.32 Å². The molecule has 1 aliphatic heterocycles. The van der Waals surface area contributed by atoms with E-state index in [9.17, 15) is 9.59 Å². The number of anilines is 1. The molecule has 2 aromatic rings. The lowest BCUT2D eigenvalue weighted by molar-refractivity contribution is -0.122. The van der Waals surface area contributed by atoms with E-state index in [-0.39, 0.29) is 18.2 Å². The molecule has 0 aliphatic carbocycles. The molecule has 128 valence electrons. The number of benzene rings is 2. The van der Waals surface area contributed by atoms with Gasteiger partial charge in [-0.2, -0.15) is 0 Å². The van der Waals surface area contributed by atoms with Crippen LogP contribution in [0, 0.1) is 3.57 Å². The Hall–Kier alpha value is -1.58. The summed E-state index contributed by atoms with van der Waals surface area (Å²) < 4.78 is 1.08. The zero-order chi connectivity index (χ0) is 17.8. The molecule has 0 aromatic heterocycles. The molecule has 2 N–H and O–H groups in total. The van der Waals surface area contributed by atoms with Gasteiger partial charge >= 0.3 is 0 Å². The molecule has 3 rings (SSSR count). The first-order valence-electron chi connectivity index (χ1n) is 7.37. The Morgan fingerprint density at radius 3 is 2.68 bits per heavy atom. The standard InChI is InChI=1S/C17H13ClIN3O2S/c18-12-3-1-2-4-13(12)21-17-22-16(24)14(25-17)9-15(23)20-11-7-5-10(19)6-8-11/h1-8,14H,9H2,(H,20,23)(H,21,22,24)/t14-/m1/s1. The van der Waals surface area contributed by atoms with Gasteiger partial charge in [0.15, 0.2) is 5.17 Å². The first-order valence-corrected chi connectivity index (χ1v) is 9.71. The van der Waals surface area contributed by atoms with Crippen LogP contribution in [0.1, 0.15) is 6.42 Å². The molecule has 1 saturated heterocycles. The van der Waals surface area contributed by atoms with Crippen LogP contribution in [0.4, 0.5) is 11.4 Å². The van der Waals surface area contributed by atoms with E-state index in [1.165, 1.54) is 11.8 Å². The Morgan fingerprint density at radius 1 is 1.24 bits per heavy atom. The number of thioether (sulfide) groups is 1. The average Bonchev–Trinajstić information content (AvgIpc) is 2.91. The van der Waals surface area contributed by atoms with Gasteiger partial charge in [-0.15, -0.1) is 0 Å². The van der Waals surface area contributed by atoms with Crippen LogP contribution in [-0.2, 0) is 9.59 Å². The Morgan fingerprint density at radius 2 is 1.96 bits per heavy atom. The maximum Gasteiger partial charge on any atom is 0.240 e. The molecule has 0 bridgehead atoms. The van der Waals surface area contributed by atoms with Crippen molar-refractivity contribution >= 4 is 74.3 Å². The van der Waals surface area contributed by atoms with Crippen molar-refractivity contribution < 1.29 is 9.59 Å². The summed E-state index contributed by atoms with van der Waals surface area (Å²) >= 11 is 9.49. The number of amidine groups is 1. The fourth-order valence-corrected chi connectivity index (χ4v) is 3.68. The lowest BCUT2D eigenvalue weighted by atomic mass is 10.2. The van der Waals surface area contributed by atoms with E-state index in [0.29, 0.717) is 21.6 Å². The third kappa shape index (κ3) is 4.96. The number of rotatable bonds is 4. The van der Waals surface area contributed by atoms with E-state index in [0.717, 1.165) is 3.57 Å². The van der Waals surface area contributed by atoms with Crippen molar-refractivity contribution in [2.24, 2.45) is 4.99 Å². The summed E-state index contributed by atoms with van der Waals surface area (Å²) in [5.74, 6) is -0.443. The van der Waals surface area contributed by atoms with Gasteiger partial charge in [-0.25, -0.2) is 4.99 Å². The number of hydrogen-bond acceptors (Lipinski definition) is 4. The molecular weight excluding hydrogens is 473 g/mol. The summed E-state index contributed by atoms with van der Waals surface area (Å²) in [6.45, 7) is 0. The van der Waals surface area contributed by atoms with Gasteiger partial charge in [-0.1, -0.05) is 35.5 Å². The van der Waals surface area contributed by atoms with Gasteiger partial charge in [0, 0.05) is 15.7 Å². The molecule has 0 saturated carbocycles. The van der Waals surface area contributed by atoms with Gasteiger partial charge in [0.05, 0.1) is 10.7 Å². The lowest BCUT2D eigenvalue weighted by Crippen LogP contribution is -2.28. The zero-order valence-electron chi connectivity index (χ0n) is 12.8. The normalized spacial score (nSPS) is 18.2. The number of nitrogens with one attached hydrogen (secondary N) is 2. The van der Waals surface area contributed by atoms with E-state index in [1.807, 2.05) is 36.4 Å². The predicted octanol–water partition coefficient (Wildman–Crippen LogP) is 4.19. The van der Waals surface area contributed by atoms with E-state index < -0.39 is 5.25 Å². The fraction of sp³-hybridized carbons (Fsp3) is 0.118. The smallest absolute Gasteiger partial charge is 0.240 e. The summed E-state index contributed by atoms with van der Waals surface area (Å²) in [4.78, 5) is 28.6. The van der Waals surface area contributed by atoms with Crippen LogP contribution in [-0.4, -0.2) is 22.2 Å². The van der Waals surface area contributed by atoms with Crippen LogP contribution in [0.15, 0.2) is 53.5 Å². The van der Waals surface area contributed by atoms with Crippen molar-refractivity contribution in [3.63, 3.8) is 0 Å². The molecule has 1 aliphatic rings. The first kappa shape index (κ1) is 18.2. The second-order valence-corrected chi connectivity index (χ2v) is 8.07. The highest BCUT2D eigenvalue weighted by molar-refractivity contribution is 14.1. The van der Waals surface area contributed by atoms with Crippen molar-refractivity contribution in [2.45, 2.75) is 11.7 Å². The number of carbonyl (C=O) groups excluding carboxylic acids is 2. The van der Waals surface area contributed by atoms with E-state index in [2.05, 4.69) is 38.2 Å². The monoisotopic (exact) mass is 485 g/mol. The molecule has 2 aromatic carbocycles. The van der Waals surface area contributed by atoms with Crippen molar-refractivity contribution in [1.29, 1.82) is 0 Å². The summed E-state index contributed by atoms with van der Waals surface area (Å²) in [6, 6.07) is 14.6. The van der Waals surface area contributed by atoms with Gasteiger partial charge in [-0.3, -0.25) is 9.59 Å². The number of amides is 2. The van der Waals surface area contributed by atoms with Crippen LogP contribution in [0.2, 0.25) is 5.02 Å². The van der Waals surface area contributed by atoms with Crippen LogP contribution in [0.25, 0.3) is 0 Å². The number of aliphatic imine (C=N–C) groups is 1. The molecule has 8 heteroatoms. The van der Waals surface area contributed by atoms with Crippen LogP contribution >= 0.6 is 46.0 Å². The SMILES string of the molecule is O=C(C[C@H]1SC(=Nc2ccccc2Cl)NC1=O)Nc1ccc(I)cc1. The number of hydrogen-bond donors (Lipinski definition) is 2. The second-order valence-electron chi connectivity index (χ2n) is 5.22. The molecule has 1 atom stereocenters. The number of halogens is 2. The van der Waals surface area contributed by atoms with Crippen LogP contribution in [0.5, 0.6) is 0 Å². The Bertz CT molecular complexity index is 842. The zero-order valence-corrected chi connectivity index (χ0v) is 16.6. The topological polar surface area (TPSA) is 70.6 Å². The Kier molecular flexibility index (Phi) is 5.98. The van der Waals surface area contributed by atoms with Crippen molar-refractivity contribution in [1.82, 2.24) is 5.32 Å². The molecule has 1 heterocycles. The molecule has 0 radical (unpaired) electrons. The average molecular weight is 486 g/mol. The van der Waals surface area contributed by atoms with Crippen molar-refractivity contribution in [3.8, 4) is 0 Å². The van der Waals surface area contributed by atoms with E-state index in [4.69, 9.17) is 11.6 Å². The van der Waals surface area contributed by atoms with Crippen molar-refractivity contribution in [3.05, 3.63) is 57.1 Å². The minimum absolute atomic E-state index is 0.0734. The van der Waals surface area contributed by atoms with Gasteiger partial charge in [0.25, 0.3) is 0 Å². The summed E-state index contributed by atoms with van der Waals surface area (Å²) in [6.07, 6.45) is 0.0734. The highest BCUT2D eigenvalue weighted by Crippen LogP contribution is 2.29. The third-order valence-electron chi connectivity index (χ3n) is 3.35. The van der Waals surface area contributed by atoms with Crippen LogP contribution in [0.3, 0.4) is 0 Å². The highest BCUT2D eigenvalue weighted by atomic mass is 127. The largest absolute Gasteiger partial charge is 0.326 e. The molecule has 0 spiro atoms. The second kappa shape index (κ2) is 8.20. The van der Waals surface area contributed by atoms with Gasteiger partial charge in [0.2, 0.25) is 11.8 Å². The minimum atomic E-state index is -0.509. The predicted molar refractivity (Wildman–Crippen MR) is 110 cm³/mol. The van der Waals surface area contributed by atoms with Gasteiger partial charge in [0.1, 0.15) is 5.25 Å². The fourth-order valence-electron chi connectivity index (χ4n) is 2.16. The number of para-hydroxylation sites is 1. The summed E-state index contributed by atoms with van der Waals surface area (Å²) in [5, 5.41) is 5.93. The van der Waals surface area contributed by atoms with Gasteiger partial charge in [-0.05, 0) is 59.0 Å². The minimum Gasteiger partial charge on any atom is -0.326 e. The quantitative estimate of drug-likeness (QED) is 0.638. The molecule has 1 fully saturated rings. The first-order chi connectivity index (χ1) is 12.0. The van der Waals surface area contributed by atoms with Crippen LogP contribution < -0.4 is 10.6 Å². The summed E-state index contributed by atoms with van der Waals surface area (Å²) in [5.41, 5.74) is 1.29. The Labute approximate surface area is 167 Å². The molecule has 5 nitrogen and oxygen atoms in total. The van der Waals surface area contributed by atoms with E-state index in [1.54, 1.807) is 12.1 Å². The van der Waals surface area contributed by atoms with Gasteiger partial charge < -0.3 is 10.6 Å². The Balaban J connectivity index is 1.62.